The van der Waals surface area contributed by atoms with Gasteiger partial charge in [-0.15, -0.1) is 0 Å². The molecule has 0 aliphatic carbocycles. The molecule has 0 aromatic carbocycles. The molecule has 0 amide bonds. The average Bonchev–Trinajstić information content (AvgIpc) is 2.46. The van der Waals surface area contributed by atoms with Crippen molar-refractivity contribution in [2.75, 3.05) is 0 Å². The fourth-order valence-corrected chi connectivity index (χ4v) is 1.62. The van der Waals surface area contributed by atoms with Gasteiger partial charge in [0.15, 0.2) is 0 Å². The standard InChI is InChI=1S/C10H13FN2/c1-7(2)13-5-8-3-9(11)4-12-10(8)6-13/h3-4,7H,5-6H2,1-2H3. The van der Waals surface area contributed by atoms with Gasteiger partial charge in [0, 0.05) is 19.1 Å². The summed E-state index contributed by atoms with van der Waals surface area (Å²) in [4.78, 5) is 6.35. The summed E-state index contributed by atoms with van der Waals surface area (Å²) in [5.41, 5.74) is 2.06. The fourth-order valence-electron chi connectivity index (χ4n) is 1.62. The monoisotopic (exact) mass is 180 g/mol. The van der Waals surface area contributed by atoms with Crippen LogP contribution in [-0.4, -0.2) is 15.9 Å². The van der Waals surface area contributed by atoms with Gasteiger partial charge < -0.3 is 0 Å². The van der Waals surface area contributed by atoms with Gasteiger partial charge in [-0.2, -0.15) is 0 Å². The quantitative estimate of drug-likeness (QED) is 0.656. The molecule has 0 saturated carbocycles. The maximum atomic E-state index is 12.8. The average molecular weight is 180 g/mol. The number of pyridine rings is 1. The first kappa shape index (κ1) is 8.63. The highest BCUT2D eigenvalue weighted by molar-refractivity contribution is 5.24. The van der Waals surface area contributed by atoms with Gasteiger partial charge in [-0.3, -0.25) is 9.88 Å². The fraction of sp³-hybridized carbons (Fsp3) is 0.500. The van der Waals surface area contributed by atoms with E-state index in [4.69, 9.17) is 0 Å². The van der Waals surface area contributed by atoms with Crippen molar-refractivity contribution >= 4 is 0 Å². The van der Waals surface area contributed by atoms with Gasteiger partial charge >= 0.3 is 0 Å². The van der Waals surface area contributed by atoms with Crippen molar-refractivity contribution in [1.29, 1.82) is 0 Å². The molecule has 0 radical (unpaired) electrons. The smallest absolute Gasteiger partial charge is 0.141 e. The predicted octanol–water partition coefficient (Wildman–Crippen LogP) is 1.94. The van der Waals surface area contributed by atoms with E-state index in [1.807, 2.05) is 0 Å². The van der Waals surface area contributed by atoms with Gasteiger partial charge in [0.25, 0.3) is 0 Å². The zero-order valence-electron chi connectivity index (χ0n) is 7.92. The molecule has 0 N–H and O–H groups in total. The molecule has 0 spiro atoms. The number of aromatic nitrogens is 1. The van der Waals surface area contributed by atoms with Crippen LogP contribution in [0.3, 0.4) is 0 Å². The van der Waals surface area contributed by atoms with Crippen LogP contribution < -0.4 is 0 Å². The summed E-state index contributed by atoms with van der Waals surface area (Å²) in [6.07, 6.45) is 1.29. The lowest BCUT2D eigenvalue weighted by atomic mass is 10.2. The summed E-state index contributed by atoms with van der Waals surface area (Å²) in [6, 6.07) is 2.09. The molecule has 2 nitrogen and oxygen atoms in total. The van der Waals surface area contributed by atoms with Crippen LogP contribution >= 0.6 is 0 Å². The number of fused-ring (bicyclic) bond motifs is 1. The van der Waals surface area contributed by atoms with Crippen molar-refractivity contribution in [2.24, 2.45) is 0 Å². The molecule has 13 heavy (non-hydrogen) atoms. The minimum atomic E-state index is -0.232. The Kier molecular flexibility index (Phi) is 2.04. The SMILES string of the molecule is CC(C)N1Cc2cc(F)cnc2C1. The van der Waals surface area contributed by atoms with Crippen molar-refractivity contribution in [3.05, 3.63) is 29.3 Å². The van der Waals surface area contributed by atoms with Crippen molar-refractivity contribution in [1.82, 2.24) is 9.88 Å². The lowest BCUT2D eigenvalue weighted by Gasteiger charge is -2.18. The molecule has 1 aliphatic heterocycles. The number of nitrogens with zero attached hydrogens (tertiary/aromatic N) is 2. The summed E-state index contributed by atoms with van der Waals surface area (Å²) >= 11 is 0. The Morgan fingerprint density at radius 3 is 2.92 bits per heavy atom. The zero-order valence-corrected chi connectivity index (χ0v) is 7.92. The molecule has 2 heterocycles. The Balaban J connectivity index is 2.25. The minimum Gasteiger partial charge on any atom is -0.291 e. The molecule has 1 aromatic heterocycles. The molecule has 3 heteroatoms. The Morgan fingerprint density at radius 1 is 1.46 bits per heavy atom. The third-order valence-corrected chi connectivity index (χ3v) is 2.48. The summed E-state index contributed by atoms with van der Waals surface area (Å²) in [6.45, 7) is 5.97. The topological polar surface area (TPSA) is 16.1 Å². The van der Waals surface area contributed by atoms with Crippen LogP contribution in [0.4, 0.5) is 4.39 Å². The normalized spacial score (nSPS) is 16.6. The van der Waals surface area contributed by atoms with Crippen molar-refractivity contribution in [2.45, 2.75) is 33.0 Å². The second-order valence-electron chi connectivity index (χ2n) is 3.76. The first-order chi connectivity index (χ1) is 6.16. The third-order valence-electron chi connectivity index (χ3n) is 2.48. The number of rotatable bonds is 1. The van der Waals surface area contributed by atoms with Crippen molar-refractivity contribution < 1.29 is 4.39 Å². The Bertz CT molecular complexity index is 323. The first-order valence-corrected chi connectivity index (χ1v) is 4.54. The summed E-state index contributed by atoms with van der Waals surface area (Å²) in [7, 11) is 0. The van der Waals surface area contributed by atoms with Crippen LogP contribution in [0.2, 0.25) is 0 Å². The second kappa shape index (κ2) is 3.07. The van der Waals surface area contributed by atoms with E-state index in [1.165, 1.54) is 6.20 Å². The van der Waals surface area contributed by atoms with Gasteiger partial charge in [-0.25, -0.2) is 4.39 Å². The van der Waals surface area contributed by atoms with Crippen LogP contribution in [0, 0.1) is 5.82 Å². The summed E-state index contributed by atoms with van der Waals surface area (Å²) < 4.78 is 12.8. The highest BCUT2D eigenvalue weighted by Crippen LogP contribution is 2.22. The third kappa shape index (κ3) is 1.56. The highest BCUT2D eigenvalue weighted by atomic mass is 19.1. The number of hydrogen-bond acceptors (Lipinski definition) is 2. The maximum Gasteiger partial charge on any atom is 0.141 e. The number of hydrogen-bond donors (Lipinski definition) is 0. The van der Waals surface area contributed by atoms with E-state index < -0.39 is 0 Å². The predicted molar refractivity (Wildman–Crippen MR) is 48.6 cm³/mol. The maximum absolute atomic E-state index is 12.8. The van der Waals surface area contributed by atoms with Crippen molar-refractivity contribution in [3.63, 3.8) is 0 Å². The van der Waals surface area contributed by atoms with Gasteiger partial charge in [-0.05, 0) is 25.5 Å². The Morgan fingerprint density at radius 2 is 2.23 bits per heavy atom. The van der Waals surface area contributed by atoms with E-state index in [1.54, 1.807) is 6.07 Å². The van der Waals surface area contributed by atoms with Crippen LogP contribution in [0.15, 0.2) is 12.3 Å². The summed E-state index contributed by atoms with van der Waals surface area (Å²) in [5.74, 6) is -0.232. The molecule has 1 aliphatic rings. The lowest BCUT2D eigenvalue weighted by Crippen LogP contribution is -2.24. The molecule has 70 valence electrons. The van der Waals surface area contributed by atoms with Gasteiger partial charge in [0.2, 0.25) is 0 Å². The molecule has 0 fully saturated rings. The Labute approximate surface area is 77.4 Å². The molecular formula is C10H13FN2. The highest BCUT2D eigenvalue weighted by Gasteiger charge is 2.22. The van der Waals surface area contributed by atoms with Crippen LogP contribution in [0.25, 0.3) is 0 Å². The van der Waals surface area contributed by atoms with Crippen molar-refractivity contribution in [3.8, 4) is 0 Å². The molecule has 0 atom stereocenters. The van der Waals surface area contributed by atoms with E-state index in [0.717, 1.165) is 24.3 Å². The molecule has 0 bridgehead atoms. The first-order valence-electron chi connectivity index (χ1n) is 4.54. The molecule has 1 aromatic rings. The molecule has 0 saturated heterocycles. The summed E-state index contributed by atoms with van der Waals surface area (Å²) in [5, 5.41) is 0. The van der Waals surface area contributed by atoms with Crippen LogP contribution in [0.5, 0.6) is 0 Å². The van der Waals surface area contributed by atoms with E-state index in [2.05, 4.69) is 23.7 Å². The van der Waals surface area contributed by atoms with E-state index in [0.29, 0.717) is 6.04 Å². The van der Waals surface area contributed by atoms with E-state index >= 15 is 0 Å². The second-order valence-corrected chi connectivity index (χ2v) is 3.76. The van der Waals surface area contributed by atoms with Crippen LogP contribution in [-0.2, 0) is 13.1 Å². The zero-order chi connectivity index (χ0) is 9.42. The molecule has 0 unspecified atom stereocenters. The Hall–Kier alpha value is -0.960. The van der Waals surface area contributed by atoms with E-state index in [9.17, 15) is 4.39 Å². The van der Waals surface area contributed by atoms with Gasteiger partial charge in [-0.1, -0.05) is 0 Å². The molecule has 2 rings (SSSR count). The number of halogens is 1. The van der Waals surface area contributed by atoms with Gasteiger partial charge in [0.05, 0.1) is 11.9 Å². The largest absolute Gasteiger partial charge is 0.291 e. The molecular weight excluding hydrogens is 167 g/mol. The van der Waals surface area contributed by atoms with E-state index in [-0.39, 0.29) is 5.82 Å². The van der Waals surface area contributed by atoms with Gasteiger partial charge in [0.1, 0.15) is 5.82 Å². The van der Waals surface area contributed by atoms with Crippen LogP contribution in [0.1, 0.15) is 25.1 Å². The minimum absolute atomic E-state index is 0.232. The lowest BCUT2D eigenvalue weighted by molar-refractivity contribution is 0.226.